The zero-order chi connectivity index (χ0) is 24.0. The number of unbranched alkanes of at least 4 members (excludes halogenated alkanes) is 1. The van der Waals surface area contributed by atoms with Crippen molar-refractivity contribution in [1.29, 1.82) is 0 Å². The molecule has 0 radical (unpaired) electrons. The van der Waals surface area contributed by atoms with Crippen molar-refractivity contribution in [3.8, 4) is 11.1 Å². The number of pyridine rings is 1. The molecule has 0 aliphatic rings. The van der Waals surface area contributed by atoms with Crippen molar-refractivity contribution in [2.45, 2.75) is 46.6 Å². The van der Waals surface area contributed by atoms with Gasteiger partial charge in [0.25, 0.3) is 0 Å². The molecule has 5 nitrogen and oxygen atoms in total. The van der Waals surface area contributed by atoms with Crippen LogP contribution in [0.2, 0.25) is 0 Å². The maximum atomic E-state index is 14.4. The third-order valence-electron chi connectivity index (χ3n) is 5.44. The van der Waals surface area contributed by atoms with Crippen molar-refractivity contribution >= 4 is 11.9 Å². The van der Waals surface area contributed by atoms with Crippen LogP contribution in [0.15, 0.2) is 48.5 Å². The zero-order valence-corrected chi connectivity index (χ0v) is 19.4. The number of aryl methyl sites for hydroxylation is 3. The summed E-state index contributed by atoms with van der Waals surface area (Å²) in [6, 6.07) is 13.8. The fourth-order valence-corrected chi connectivity index (χ4v) is 3.57. The van der Waals surface area contributed by atoms with E-state index in [1.54, 1.807) is 6.92 Å². The molecule has 0 saturated carbocycles. The van der Waals surface area contributed by atoms with Gasteiger partial charge < -0.3 is 9.47 Å². The average molecular weight is 450 g/mol. The standard InChI is InChI=1S/C27H28FNO4/c1-5-6-7-22-15-23(19-10-8-17(2)9-11-19)25(18(3)29-22)27(31)33-16-21-13-12-20(14-24(21)28)26(30)32-4/h8-15H,5-7,16H2,1-4H3. The van der Waals surface area contributed by atoms with Gasteiger partial charge in [0.2, 0.25) is 0 Å². The van der Waals surface area contributed by atoms with E-state index in [9.17, 15) is 14.0 Å². The van der Waals surface area contributed by atoms with Crippen molar-refractivity contribution in [1.82, 2.24) is 4.98 Å². The smallest absolute Gasteiger partial charge is 0.340 e. The second-order valence-electron chi connectivity index (χ2n) is 7.97. The molecule has 0 fully saturated rings. The van der Waals surface area contributed by atoms with E-state index in [0.29, 0.717) is 11.3 Å². The van der Waals surface area contributed by atoms with Crippen molar-refractivity contribution in [2.75, 3.05) is 7.11 Å². The summed E-state index contributed by atoms with van der Waals surface area (Å²) < 4.78 is 24.5. The van der Waals surface area contributed by atoms with E-state index in [1.807, 2.05) is 37.3 Å². The largest absolute Gasteiger partial charge is 0.465 e. The van der Waals surface area contributed by atoms with Gasteiger partial charge >= 0.3 is 11.9 Å². The predicted molar refractivity (Wildman–Crippen MR) is 125 cm³/mol. The van der Waals surface area contributed by atoms with Crippen LogP contribution in [0.25, 0.3) is 11.1 Å². The summed E-state index contributed by atoms with van der Waals surface area (Å²) in [6.45, 7) is 5.64. The van der Waals surface area contributed by atoms with Crippen LogP contribution in [0.1, 0.15) is 63.0 Å². The summed E-state index contributed by atoms with van der Waals surface area (Å²) in [6.07, 6.45) is 2.87. The van der Waals surface area contributed by atoms with Gasteiger partial charge in [0.15, 0.2) is 0 Å². The first-order valence-corrected chi connectivity index (χ1v) is 11.0. The van der Waals surface area contributed by atoms with E-state index < -0.39 is 17.8 Å². The molecule has 2 aromatic carbocycles. The van der Waals surface area contributed by atoms with Gasteiger partial charge in [-0.1, -0.05) is 49.2 Å². The number of carbonyl (C=O) groups is 2. The number of aromatic nitrogens is 1. The van der Waals surface area contributed by atoms with Crippen LogP contribution < -0.4 is 0 Å². The molecule has 0 atom stereocenters. The lowest BCUT2D eigenvalue weighted by Gasteiger charge is -2.15. The minimum Gasteiger partial charge on any atom is -0.465 e. The molecule has 3 rings (SSSR count). The molecule has 1 aromatic heterocycles. The number of hydrogen-bond donors (Lipinski definition) is 0. The van der Waals surface area contributed by atoms with E-state index in [4.69, 9.17) is 4.74 Å². The van der Waals surface area contributed by atoms with E-state index in [-0.39, 0.29) is 17.7 Å². The van der Waals surface area contributed by atoms with Gasteiger partial charge in [-0.2, -0.15) is 0 Å². The highest BCUT2D eigenvalue weighted by molar-refractivity contribution is 5.98. The van der Waals surface area contributed by atoms with Crippen LogP contribution in [0.5, 0.6) is 0 Å². The molecule has 172 valence electrons. The number of nitrogens with zero attached hydrogens (tertiary/aromatic N) is 1. The highest BCUT2D eigenvalue weighted by Crippen LogP contribution is 2.28. The van der Waals surface area contributed by atoms with E-state index in [2.05, 4.69) is 16.6 Å². The fourth-order valence-electron chi connectivity index (χ4n) is 3.57. The van der Waals surface area contributed by atoms with Crippen molar-refractivity contribution < 1.29 is 23.5 Å². The maximum Gasteiger partial charge on any atom is 0.340 e. The Morgan fingerprint density at radius 1 is 1.00 bits per heavy atom. The van der Waals surface area contributed by atoms with E-state index in [0.717, 1.165) is 47.7 Å². The molecule has 0 saturated heterocycles. The summed E-state index contributed by atoms with van der Waals surface area (Å²) in [7, 11) is 1.23. The van der Waals surface area contributed by atoms with Crippen LogP contribution in [-0.4, -0.2) is 24.0 Å². The average Bonchev–Trinajstić information content (AvgIpc) is 2.81. The van der Waals surface area contributed by atoms with Gasteiger partial charge in [-0.3, -0.25) is 4.98 Å². The molecule has 0 N–H and O–H groups in total. The Balaban J connectivity index is 1.90. The van der Waals surface area contributed by atoms with E-state index in [1.165, 1.54) is 19.2 Å². The first kappa shape index (κ1) is 24.1. The summed E-state index contributed by atoms with van der Waals surface area (Å²) in [4.78, 5) is 29.3. The molecule has 0 aliphatic heterocycles. The number of hydrogen-bond acceptors (Lipinski definition) is 5. The Hall–Kier alpha value is -3.54. The number of rotatable bonds is 8. The molecule has 0 bridgehead atoms. The topological polar surface area (TPSA) is 65.5 Å². The Morgan fingerprint density at radius 3 is 2.36 bits per heavy atom. The van der Waals surface area contributed by atoms with Gasteiger partial charge in [0.05, 0.1) is 23.9 Å². The third kappa shape index (κ3) is 5.83. The molecule has 0 amide bonds. The molecular formula is C27H28FNO4. The Morgan fingerprint density at radius 2 is 1.73 bits per heavy atom. The molecule has 33 heavy (non-hydrogen) atoms. The van der Waals surface area contributed by atoms with Crippen molar-refractivity contribution in [3.63, 3.8) is 0 Å². The molecule has 0 unspecified atom stereocenters. The number of esters is 2. The van der Waals surface area contributed by atoms with Crippen LogP contribution in [-0.2, 0) is 22.5 Å². The fraction of sp³-hybridized carbons (Fsp3) is 0.296. The third-order valence-corrected chi connectivity index (χ3v) is 5.44. The van der Waals surface area contributed by atoms with Crippen LogP contribution >= 0.6 is 0 Å². The van der Waals surface area contributed by atoms with Gasteiger partial charge in [-0.15, -0.1) is 0 Å². The molecular weight excluding hydrogens is 421 g/mol. The maximum absolute atomic E-state index is 14.4. The molecule has 3 aromatic rings. The Labute approximate surface area is 193 Å². The lowest BCUT2D eigenvalue weighted by Crippen LogP contribution is -2.12. The highest BCUT2D eigenvalue weighted by atomic mass is 19.1. The lowest BCUT2D eigenvalue weighted by molar-refractivity contribution is 0.0467. The SMILES string of the molecule is CCCCc1cc(-c2ccc(C)cc2)c(C(=O)OCc2ccc(C(=O)OC)cc2F)c(C)n1. The molecule has 0 spiro atoms. The number of benzene rings is 2. The summed E-state index contributed by atoms with van der Waals surface area (Å²) in [5.74, 6) is -1.85. The van der Waals surface area contributed by atoms with Crippen LogP contribution in [0.3, 0.4) is 0 Å². The van der Waals surface area contributed by atoms with Gasteiger partial charge in [0.1, 0.15) is 12.4 Å². The van der Waals surface area contributed by atoms with Crippen LogP contribution in [0, 0.1) is 19.7 Å². The first-order valence-electron chi connectivity index (χ1n) is 11.0. The zero-order valence-electron chi connectivity index (χ0n) is 19.4. The van der Waals surface area contributed by atoms with Crippen molar-refractivity contribution in [3.05, 3.63) is 88.0 Å². The summed E-state index contributed by atoms with van der Waals surface area (Å²) in [5, 5.41) is 0. The number of halogens is 1. The normalized spacial score (nSPS) is 10.7. The van der Waals surface area contributed by atoms with Crippen LogP contribution in [0.4, 0.5) is 4.39 Å². The van der Waals surface area contributed by atoms with Crippen molar-refractivity contribution in [2.24, 2.45) is 0 Å². The molecule has 0 aliphatic carbocycles. The van der Waals surface area contributed by atoms with Gasteiger partial charge in [-0.25, -0.2) is 14.0 Å². The second kappa shape index (κ2) is 10.9. The molecule has 1 heterocycles. The number of ether oxygens (including phenoxy) is 2. The minimum atomic E-state index is -0.644. The van der Waals surface area contributed by atoms with Gasteiger partial charge in [-0.05, 0) is 56.0 Å². The predicted octanol–water partition coefficient (Wildman–Crippen LogP) is 5.99. The summed E-state index contributed by atoms with van der Waals surface area (Å²) >= 11 is 0. The molecule has 6 heteroatoms. The number of carbonyl (C=O) groups excluding carboxylic acids is 2. The lowest BCUT2D eigenvalue weighted by atomic mass is 9.96. The van der Waals surface area contributed by atoms with Gasteiger partial charge in [0, 0.05) is 11.3 Å². The second-order valence-corrected chi connectivity index (χ2v) is 7.97. The number of methoxy groups -OCH3 is 1. The Kier molecular flexibility index (Phi) is 7.93. The Bertz CT molecular complexity index is 1160. The first-order chi connectivity index (χ1) is 15.8. The van der Waals surface area contributed by atoms with E-state index >= 15 is 0 Å². The minimum absolute atomic E-state index is 0.0921. The quantitative estimate of drug-likeness (QED) is 0.395. The summed E-state index contributed by atoms with van der Waals surface area (Å²) in [5.41, 5.74) is 4.88. The monoisotopic (exact) mass is 449 g/mol. The highest BCUT2D eigenvalue weighted by Gasteiger charge is 2.21.